The summed E-state index contributed by atoms with van der Waals surface area (Å²) in [6.07, 6.45) is 12.3. The number of aliphatic hydroxyl groups is 1. The molecule has 2 saturated carbocycles. The first-order chi connectivity index (χ1) is 15.4. The fraction of sp³-hybridized carbons (Fsp3) is 0.536. The monoisotopic (exact) mass is 432 g/mol. The summed E-state index contributed by atoms with van der Waals surface area (Å²) in [7, 11) is 0. The maximum Gasteiger partial charge on any atom is 0.231 e. The van der Waals surface area contributed by atoms with Crippen LogP contribution >= 0.6 is 0 Å². The molecule has 168 valence electrons. The van der Waals surface area contributed by atoms with Crippen molar-refractivity contribution in [3.05, 3.63) is 58.7 Å². The van der Waals surface area contributed by atoms with Gasteiger partial charge in [0.25, 0.3) is 0 Å². The Morgan fingerprint density at radius 1 is 1.12 bits per heavy atom. The van der Waals surface area contributed by atoms with Gasteiger partial charge in [-0.1, -0.05) is 30.7 Å². The number of carbonyl (C=O) groups excluding carboxylic acids is 1. The number of ketones is 1. The molecule has 1 heterocycles. The molecule has 1 aliphatic heterocycles. The molecule has 0 aromatic heterocycles. The molecule has 1 aromatic carbocycles. The van der Waals surface area contributed by atoms with E-state index in [1.807, 2.05) is 25.1 Å². The highest BCUT2D eigenvalue weighted by Gasteiger charge is 2.61. The van der Waals surface area contributed by atoms with E-state index in [0.717, 1.165) is 50.0 Å². The van der Waals surface area contributed by atoms with Crippen molar-refractivity contribution in [3.63, 3.8) is 0 Å². The lowest BCUT2D eigenvalue weighted by molar-refractivity contribution is -0.114. The summed E-state index contributed by atoms with van der Waals surface area (Å²) < 4.78 is 11.3. The maximum absolute atomic E-state index is 12.2. The van der Waals surface area contributed by atoms with Crippen LogP contribution in [0.2, 0.25) is 0 Å². The zero-order valence-electron chi connectivity index (χ0n) is 19.0. The quantitative estimate of drug-likeness (QED) is 0.616. The summed E-state index contributed by atoms with van der Waals surface area (Å²) >= 11 is 0. The first-order valence-corrected chi connectivity index (χ1v) is 12.2. The van der Waals surface area contributed by atoms with Gasteiger partial charge in [0.2, 0.25) is 6.79 Å². The van der Waals surface area contributed by atoms with Gasteiger partial charge in [0.05, 0.1) is 5.60 Å². The number of rotatable bonds is 2. The Kier molecular flexibility index (Phi) is 4.49. The first kappa shape index (κ1) is 20.3. The van der Waals surface area contributed by atoms with Crippen LogP contribution in [0.25, 0.3) is 0 Å². The summed E-state index contributed by atoms with van der Waals surface area (Å²) in [6.45, 7) is 4.61. The molecule has 6 rings (SSSR count). The highest BCUT2D eigenvalue weighted by molar-refractivity contribution is 5.93. The number of hydrogen-bond donors (Lipinski definition) is 1. The fourth-order valence-corrected chi connectivity index (χ4v) is 7.68. The molecule has 2 fully saturated rings. The van der Waals surface area contributed by atoms with Crippen molar-refractivity contribution in [1.29, 1.82) is 0 Å². The second-order valence-corrected chi connectivity index (χ2v) is 10.6. The van der Waals surface area contributed by atoms with Crippen LogP contribution in [0, 0.1) is 17.3 Å². The Morgan fingerprint density at radius 2 is 1.97 bits per heavy atom. The van der Waals surface area contributed by atoms with Crippen LogP contribution in [0.15, 0.2) is 53.1 Å². The van der Waals surface area contributed by atoms with Crippen molar-refractivity contribution in [2.75, 3.05) is 6.79 Å². The van der Waals surface area contributed by atoms with Gasteiger partial charge in [-0.2, -0.15) is 0 Å². The minimum atomic E-state index is -0.768. The fourth-order valence-electron chi connectivity index (χ4n) is 7.68. The number of benzene rings is 1. The Morgan fingerprint density at radius 3 is 2.81 bits per heavy atom. The van der Waals surface area contributed by atoms with Gasteiger partial charge < -0.3 is 14.6 Å². The molecule has 0 spiro atoms. The van der Waals surface area contributed by atoms with Crippen molar-refractivity contribution in [2.45, 2.75) is 70.3 Å². The number of allylic oxidation sites excluding steroid dienone is 5. The van der Waals surface area contributed by atoms with Crippen LogP contribution < -0.4 is 9.47 Å². The Labute approximate surface area is 190 Å². The van der Waals surface area contributed by atoms with Crippen LogP contribution in [0.5, 0.6) is 11.5 Å². The molecule has 0 amide bonds. The normalized spacial score (nSPS) is 37.9. The minimum Gasteiger partial charge on any atom is -0.454 e. The molecule has 4 nitrogen and oxygen atoms in total. The molecule has 5 atom stereocenters. The molecule has 0 bridgehead atoms. The SMILES string of the molecule is CC=C[C@]1(O)CCC2C3CCC4=CC(=O)CCC4=C3C(c3ccc4c(c3)OCO4)C[C@@]21C. The zero-order chi connectivity index (χ0) is 22.1. The van der Waals surface area contributed by atoms with Gasteiger partial charge >= 0.3 is 0 Å². The summed E-state index contributed by atoms with van der Waals surface area (Å²) in [4.78, 5) is 12.2. The van der Waals surface area contributed by atoms with Crippen LogP contribution in [-0.4, -0.2) is 23.3 Å². The van der Waals surface area contributed by atoms with Gasteiger partial charge in [0.15, 0.2) is 17.3 Å². The molecule has 4 heteroatoms. The van der Waals surface area contributed by atoms with E-state index in [1.165, 1.54) is 16.7 Å². The van der Waals surface area contributed by atoms with E-state index in [0.29, 0.717) is 18.3 Å². The third-order valence-electron chi connectivity index (χ3n) is 9.19. The first-order valence-electron chi connectivity index (χ1n) is 12.2. The Balaban J connectivity index is 1.53. The molecule has 1 aromatic rings. The van der Waals surface area contributed by atoms with Gasteiger partial charge in [-0.3, -0.25) is 4.79 Å². The van der Waals surface area contributed by atoms with Crippen molar-refractivity contribution in [2.24, 2.45) is 17.3 Å². The van der Waals surface area contributed by atoms with E-state index in [2.05, 4.69) is 25.1 Å². The highest BCUT2D eigenvalue weighted by atomic mass is 16.7. The number of hydrogen-bond acceptors (Lipinski definition) is 4. The number of carbonyl (C=O) groups is 1. The van der Waals surface area contributed by atoms with Crippen LogP contribution in [0.1, 0.15) is 70.3 Å². The Hall–Kier alpha value is -2.33. The van der Waals surface area contributed by atoms with E-state index in [4.69, 9.17) is 9.47 Å². The lowest BCUT2D eigenvalue weighted by Gasteiger charge is -2.54. The second kappa shape index (κ2) is 7.08. The van der Waals surface area contributed by atoms with E-state index >= 15 is 0 Å². The molecule has 0 radical (unpaired) electrons. The zero-order valence-corrected chi connectivity index (χ0v) is 19.0. The molecule has 1 N–H and O–H groups in total. The van der Waals surface area contributed by atoms with Crippen molar-refractivity contribution < 1.29 is 19.4 Å². The number of fused-ring (bicyclic) bond motifs is 5. The minimum absolute atomic E-state index is 0.180. The average Bonchev–Trinajstić information content (AvgIpc) is 3.35. The third-order valence-corrected chi connectivity index (χ3v) is 9.19. The Bertz CT molecular complexity index is 1080. The highest BCUT2D eigenvalue weighted by Crippen LogP contribution is 2.67. The lowest BCUT2D eigenvalue weighted by Crippen LogP contribution is -2.50. The maximum atomic E-state index is 12.2. The molecule has 5 aliphatic rings. The van der Waals surface area contributed by atoms with Crippen LogP contribution in [0.3, 0.4) is 0 Å². The molecule has 32 heavy (non-hydrogen) atoms. The van der Waals surface area contributed by atoms with E-state index in [9.17, 15) is 9.90 Å². The topological polar surface area (TPSA) is 55.8 Å². The standard InChI is InChI=1S/C28H32O4/c1-3-11-28(30)12-10-23-21-7-4-17-13-19(29)6-8-20(17)26(21)22(15-27(23,28)2)18-5-9-24-25(14-18)32-16-31-24/h3,5,9,11,13-14,21-23,30H,4,6-8,10,12,15-16H2,1-2H3/t21?,22?,23?,27-,28-/m0/s1. The molecule has 3 unspecified atom stereocenters. The number of ether oxygens (including phenoxy) is 2. The summed E-state index contributed by atoms with van der Waals surface area (Å²) in [6, 6.07) is 6.36. The summed E-state index contributed by atoms with van der Waals surface area (Å²) in [5.41, 5.74) is 4.54. The third kappa shape index (κ3) is 2.75. The van der Waals surface area contributed by atoms with Crippen LogP contribution in [0.4, 0.5) is 0 Å². The van der Waals surface area contributed by atoms with Gasteiger partial charge in [-0.15, -0.1) is 0 Å². The predicted octanol–water partition coefficient (Wildman–Crippen LogP) is 5.62. The van der Waals surface area contributed by atoms with Crippen molar-refractivity contribution in [3.8, 4) is 11.5 Å². The summed E-state index contributed by atoms with van der Waals surface area (Å²) in [5.74, 6) is 3.04. The van der Waals surface area contributed by atoms with Gasteiger partial charge in [0.1, 0.15) is 0 Å². The smallest absolute Gasteiger partial charge is 0.231 e. The molecular weight excluding hydrogens is 400 g/mol. The van der Waals surface area contributed by atoms with Crippen molar-refractivity contribution >= 4 is 5.78 Å². The van der Waals surface area contributed by atoms with Crippen LogP contribution in [-0.2, 0) is 4.79 Å². The molecule has 0 saturated heterocycles. The van der Waals surface area contributed by atoms with E-state index < -0.39 is 5.60 Å². The van der Waals surface area contributed by atoms with Gasteiger partial charge in [0, 0.05) is 17.8 Å². The predicted molar refractivity (Wildman–Crippen MR) is 123 cm³/mol. The lowest BCUT2D eigenvalue weighted by atomic mass is 9.51. The van der Waals surface area contributed by atoms with Gasteiger partial charge in [-0.05, 0) is 92.2 Å². The van der Waals surface area contributed by atoms with Gasteiger partial charge in [-0.25, -0.2) is 0 Å². The second-order valence-electron chi connectivity index (χ2n) is 10.6. The van der Waals surface area contributed by atoms with E-state index in [1.54, 1.807) is 5.57 Å². The summed E-state index contributed by atoms with van der Waals surface area (Å²) in [5, 5.41) is 11.8. The van der Waals surface area contributed by atoms with Crippen molar-refractivity contribution in [1.82, 2.24) is 0 Å². The molecular formula is C28H32O4. The van der Waals surface area contributed by atoms with E-state index in [-0.39, 0.29) is 23.9 Å². The average molecular weight is 433 g/mol. The molecule has 4 aliphatic carbocycles. The largest absolute Gasteiger partial charge is 0.454 e.